The molecule has 0 atom stereocenters. The van der Waals surface area contributed by atoms with Crippen LogP contribution in [0.3, 0.4) is 0 Å². The third-order valence-electron chi connectivity index (χ3n) is 5.57. The maximum Gasteiger partial charge on any atom is 0.264 e. The van der Waals surface area contributed by atoms with Crippen LogP contribution in [0.15, 0.2) is 67.0 Å². The Morgan fingerprint density at radius 2 is 1.61 bits per heavy atom. The zero-order valence-electron chi connectivity index (χ0n) is 17.6. The van der Waals surface area contributed by atoms with Crippen LogP contribution in [0.4, 0.5) is 0 Å². The van der Waals surface area contributed by atoms with Gasteiger partial charge in [-0.25, -0.2) is 4.57 Å². The molecule has 0 unspecified atom stereocenters. The van der Waals surface area contributed by atoms with Crippen molar-refractivity contribution in [1.29, 1.82) is 0 Å². The Bertz CT molecular complexity index is 1340. The number of pyridine rings is 1. The lowest BCUT2D eigenvalue weighted by molar-refractivity contribution is -0.697. The molecule has 6 heteroatoms. The smallest absolute Gasteiger partial charge is 0.264 e. The summed E-state index contributed by atoms with van der Waals surface area (Å²) in [6, 6.07) is 19.2. The quantitative estimate of drug-likeness (QED) is 0.242. The molecule has 2 heterocycles. The second-order valence-electron chi connectivity index (χ2n) is 7.73. The average Bonchev–Trinajstić information content (AvgIpc) is 3.08. The lowest BCUT2D eigenvalue weighted by Crippen LogP contribution is -2.32. The van der Waals surface area contributed by atoms with Crippen molar-refractivity contribution in [2.45, 2.75) is 32.9 Å². The van der Waals surface area contributed by atoms with E-state index in [2.05, 4.69) is 66.1 Å². The summed E-state index contributed by atoms with van der Waals surface area (Å²) in [4.78, 5) is 0. The van der Waals surface area contributed by atoms with Crippen LogP contribution in [0.2, 0.25) is 0 Å². The van der Waals surface area contributed by atoms with Gasteiger partial charge < -0.3 is 4.57 Å². The molecule has 0 bridgehead atoms. The Morgan fingerprint density at radius 3 is 2.35 bits per heavy atom. The highest BCUT2D eigenvalue weighted by molar-refractivity contribution is 7.85. The summed E-state index contributed by atoms with van der Waals surface area (Å²) < 4.78 is 34.7. The van der Waals surface area contributed by atoms with Crippen molar-refractivity contribution in [3.8, 4) is 0 Å². The number of rotatable bonds is 8. The van der Waals surface area contributed by atoms with Crippen molar-refractivity contribution >= 4 is 44.1 Å². The van der Waals surface area contributed by atoms with E-state index in [4.69, 9.17) is 4.55 Å². The molecule has 0 spiro atoms. The van der Waals surface area contributed by atoms with Crippen LogP contribution in [-0.4, -0.2) is 23.3 Å². The van der Waals surface area contributed by atoms with Gasteiger partial charge in [0.2, 0.25) is 0 Å². The molecule has 0 aliphatic heterocycles. The normalized spacial score (nSPS) is 12.3. The summed E-state index contributed by atoms with van der Waals surface area (Å²) in [5.74, 6) is -0.185. The lowest BCUT2D eigenvalue weighted by atomic mass is 10.1. The van der Waals surface area contributed by atoms with Crippen molar-refractivity contribution in [3.05, 3.63) is 78.1 Å². The number of fused-ring (bicyclic) bond motifs is 3. The zero-order chi connectivity index (χ0) is 21.8. The topological polar surface area (TPSA) is 63.2 Å². The predicted octanol–water partition coefficient (Wildman–Crippen LogP) is 4.94. The molecule has 0 aliphatic rings. The van der Waals surface area contributed by atoms with Crippen LogP contribution in [0, 0.1) is 0 Å². The van der Waals surface area contributed by atoms with Crippen LogP contribution in [-0.2, 0) is 23.2 Å². The zero-order valence-corrected chi connectivity index (χ0v) is 18.4. The monoisotopic (exact) mass is 435 g/mol. The Kier molecular flexibility index (Phi) is 6.20. The van der Waals surface area contributed by atoms with Gasteiger partial charge >= 0.3 is 0 Å². The fraction of sp³-hybridized carbons (Fsp3) is 0.240. The number of para-hydroxylation sites is 1. The van der Waals surface area contributed by atoms with Crippen LogP contribution in [0.5, 0.6) is 0 Å². The molecule has 0 saturated heterocycles. The second kappa shape index (κ2) is 9.04. The molecule has 0 amide bonds. The molecule has 0 aliphatic carbocycles. The number of benzene rings is 2. The minimum absolute atomic E-state index is 0.185. The van der Waals surface area contributed by atoms with Gasteiger partial charge in [-0.3, -0.25) is 4.55 Å². The number of hydrogen-bond acceptors (Lipinski definition) is 2. The number of nitrogens with zero attached hydrogens (tertiary/aromatic N) is 2. The van der Waals surface area contributed by atoms with Crippen molar-refractivity contribution in [3.63, 3.8) is 0 Å². The Labute approximate surface area is 183 Å². The fourth-order valence-corrected chi connectivity index (χ4v) is 4.58. The molecule has 0 radical (unpaired) electrons. The van der Waals surface area contributed by atoms with Crippen LogP contribution in [0.25, 0.3) is 34.0 Å². The SMILES string of the molecule is CCn1c2ccccc2c2cc(/C=C/c3cc[n+](CCCCS(=O)(=O)O)cc3)ccc21. The van der Waals surface area contributed by atoms with E-state index < -0.39 is 10.1 Å². The average molecular weight is 436 g/mol. The summed E-state index contributed by atoms with van der Waals surface area (Å²) >= 11 is 0. The number of aryl methyl sites for hydroxylation is 2. The van der Waals surface area contributed by atoms with Crippen LogP contribution >= 0.6 is 0 Å². The van der Waals surface area contributed by atoms with E-state index in [1.165, 1.54) is 21.8 Å². The van der Waals surface area contributed by atoms with Gasteiger partial charge in [0.15, 0.2) is 12.4 Å². The molecule has 5 nitrogen and oxygen atoms in total. The van der Waals surface area contributed by atoms with Gasteiger partial charge in [-0.05, 0) is 42.7 Å². The summed E-state index contributed by atoms with van der Waals surface area (Å²) in [5, 5.41) is 2.56. The van der Waals surface area contributed by atoms with Gasteiger partial charge in [0.1, 0.15) is 6.54 Å². The maximum atomic E-state index is 10.8. The number of unbranched alkanes of at least 4 members (excludes halogenated alkanes) is 1. The molecule has 160 valence electrons. The van der Waals surface area contributed by atoms with Crippen LogP contribution in [0.1, 0.15) is 30.9 Å². The van der Waals surface area contributed by atoms with Crippen molar-refractivity contribution in [2.24, 2.45) is 0 Å². The minimum Gasteiger partial charge on any atom is -0.341 e. The van der Waals surface area contributed by atoms with E-state index in [1.807, 2.05) is 29.1 Å². The number of hydrogen-bond donors (Lipinski definition) is 1. The molecule has 0 saturated carbocycles. The third kappa shape index (κ3) is 5.03. The first-order valence-electron chi connectivity index (χ1n) is 10.6. The number of aromatic nitrogens is 2. The Hall–Kier alpha value is -2.96. The summed E-state index contributed by atoms with van der Waals surface area (Å²) in [6.45, 7) is 3.84. The van der Waals surface area contributed by atoms with Crippen molar-refractivity contribution in [1.82, 2.24) is 4.57 Å². The van der Waals surface area contributed by atoms with E-state index in [1.54, 1.807) is 0 Å². The molecule has 4 aromatic rings. The first kappa shape index (κ1) is 21.3. The Balaban J connectivity index is 1.47. The molecule has 2 aromatic heterocycles. The maximum absolute atomic E-state index is 10.8. The van der Waals surface area contributed by atoms with E-state index >= 15 is 0 Å². The Morgan fingerprint density at radius 1 is 0.903 bits per heavy atom. The van der Waals surface area contributed by atoms with E-state index in [0.717, 1.165) is 24.2 Å². The van der Waals surface area contributed by atoms with Crippen molar-refractivity contribution < 1.29 is 17.5 Å². The van der Waals surface area contributed by atoms with E-state index in [9.17, 15) is 8.42 Å². The van der Waals surface area contributed by atoms with Crippen LogP contribution < -0.4 is 4.57 Å². The molecular formula is C25H27N2O3S+. The van der Waals surface area contributed by atoms with E-state index in [-0.39, 0.29) is 5.75 Å². The molecule has 0 fully saturated rings. The van der Waals surface area contributed by atoms with Crippen molar-refractivity contribution in [2.75, 3.05) is 5.75 Å². The summed E-state index contributed by atoms with van der Waals surface area (Å²) in [6.07, 6.45) is 9.36. The second-order valence-corrected chi connectivity index (χ2v) is 9.31. The molecule has 1 N–H and O–H groups in total. The lowest BCUT2D eigenvalue weighted by Gasteiger charge is -2.02. The third-order valence-corrected chi connectivity index (χ3v) is 6.37. The molecule has 4 rings (SSSR count). The highest BCUT2D eigenvalue weighted by Crippen LogP contribution is 2.30. The predicted molar refractivity (Wildman–Crippen MR) is 126 cm³/mol. The molecule has 2 aromatic carbocycles. The first-order valence-corrected chi connectivity index (χ1v) is 12.2. The standard InChI is InChI=1S/C25H26N2O3S/c1-2-27-24-8-4-3-7-22(24)23-19-21(11-12-25(23)27)10-9-20-13-16-26(17-14-20)15-5-6-18-31(28,29)30/h3-4,7-14,16-17,19H,2,5-6,15,18H2,1H3/p+1. The van der Waals surface area contributed by atoms with Gasteiger partial charge in [-0.2, -0.15) is 8.42 Å². The first-order chi connectivity index (χ1) is 14.9. The van der Waals surface area contributed by atoms with Gasteiger partial charge in [0.25, 0.3) is 10.1 Å². The summed E-state index contributed by atoms with van der Waals surface area (Å²) in [7, 11) is -3.87. The highest BCUT2D eigenvalue weighted by Gasteiger charge is 2.09. The van der Waals surface area contributed by atoms with Gasteiger partial charge in [-0.15, -0.1) is 0 Å². The van der Waals surface area contributed by atoms with Gasteiger partial charge in [0, 0.05) is 46.9 Å². The fourth-order valence-electron chi connectivity index (χ4n) is 4.02. The summed E-state index contributed by atoms with van der Waals surface area (Å²) in [5.41, 5.74) is 4.79. The van der Waals surface area contributed by atoms with Gasteiger partial charge in [0.05, 0.1) is 5.75 Å². The van der Waals surface area contributed by atoms with Gasteiger partial charge in [-0.1, -0.05) is 36.4 Å². The minimum atomic E-state index is -3.87. The molecular weight excluding hydrogens is 408 g/mol. The van der Waals surface area contributed by atoms with E-state index in [0.29, 0.717) is 12.8 Å². The highest BCUT2D eigenvalue weighted by atomic mass is 32.2. The largest absolute Gasteiger partial charge is 0.341 e. The molecule has 31 heavy (non-hydrogen) atoms.